The fourth-order valence-corrected chi connectivity index (χ4v) is 0.980. The maximum absolute atomic E-state index is 9.65. The van der Waals surface area contributed by atoms with E-state index < -0.39 is 5.95 Å². The molecule has 0 unspecified atom stereocenters. The van der Waals surface area contributed by atoms with Crippen LogP contribution >= 0.6 is 0 Å². The van der Waals surface area contributed by atoms with E-state index in [1.54, 1.807) is 27.1 Å². The van der Waals surface area contributed by atoms with Crippen molar-refractivity contribution in [3.8, 4) is 0 Å². The van der Waals surface area contributed by atoms with Crippen LogP contribution in [0, 0.1) is 0 Å². The number of ether oxygens (including phenoxy) is 1. The Bertz CT molecular complexity index is 221. The molecule has 4 nitrogen and oxygen atoms in total. The first-order valence-electron chi connectivity index (χ1n) is 4.65. The van der Waals surface area contributed by atoms with Gasteiger partial charge in [0.15, 0.2) is 0 Å². The Hall–Kier alpha value is -1.16. The smallest absolute Gasteiger partial charge is 0.382 e. The second-order valence-corrected chi connectivity index (χ2v) is 3.55. The lowest BCUT2D eigenvalue weighted by molar-refractivity contribution is -0.869. The number of rotatable bonds is 6. The number of aliphatic hydroxyl groups is 2. The number of hydrogen-bond donors (Lipinski definition) is 2. The summed E-state index contributed by atoms with van der Waals surface area (Å²) in [7, 11) is 3.57. The minimum atomic E-state index is -0.401. The van der Waals surface area contributed by atoms with Crippen LogP contribution in [0.1, 0.15) is 13.3 Å². The van der Waals surface area contributed by atoms with Gasteiger partial charge in [-0.25, -0.2) is 0 Å². The summed E-state index contributed by atoms with van der Waals surface area (Å²) in [5.41, 5.74) is 0. The number of quaternary nitrogens is 1. The van der Waals surface area contributed by atoms with E-state index in [1.807, 2.05) is 0 Å². The van der Waals surface area contributed by atoms with Crippen LogP contribution in [-0.4, -0.2) is 41.9 Å². The van der Waals surface area contributed by atoms with Crippen molar-refractivity contribution in [2.45, 2.75) is 13.3 Å². The zero-order chi connectivity index (χ0) is 11.2. The van der Waals surface area contributed by atoms with Crippen LogP contribution in [0.2, 0.25) is 0 Å². The molecular weight excluding hydrogens is 182 g/mol. The number of aliphatic hydroxyl groups excluding tert-OH is 2. The summed E-state index contributed by atoms with van der Waals surface area (Å²) in [5.74, 6) is -0.560. The second-order valence-electron chi connectivity index (χ2n) is 3.55. The van der Waals surface area contributed by atoms with Gasteiger partial charge in [0.1, 0.15) is 0 Å². The Morgan fingerprint density at radius 2 is 2.00 bits per heavy atom. The van der Waals surface area contributed by atoms with Crippen molar-refractivity contribution in [2.75, 3.05) is 27.2 Å². The largest absolute Gasteiger partial charge is 0.474 e. The SMILES string of the molecule is C=CCC[N+](C)(C)C(O)=C(O)OCC. The highest BCUT2D eigenvalue weighted by Crippen LogP contribution is 2.13. The molecule has 14 heavy (non-hydrogen) atoms. The first-order valence-corrected chi connectivity index (χ1v) is 4.65. The lowest BCUT2D eigenvalue weighted by atomic mass is 10.3. The van der Waals surface area contributed by atoms with E-state index >= 15 is 0 Å². The fraction of sp³-hybridized carbons (Fsp3) is 0.600. The van der Waals surface area contributed by atoms with Crippen molar-refractivity contribution in [1.82, 2.24) is 0 Å². The zero-order valence-electron chi connectivity index (χ0n) is 9.16. The molecule has 0 fully saturated rings. The average molecular weight is 202 g/mol. The summed E-state index contributed by atoms with van der Waals surface area (Å²) in [6.07, 6.45) is 2.53. The van der Waals surface area contributed by atoms with Gasteiger partial charge in [-0.1, -0.05) is 6.08 Å². The second kappa shape index (κ2) is 5.54. The summed E-state index contributed by atoms with van der Waals surface area (Å²) in [5, 5.41) is 19.0. The lowest BCUT2D eigenvalue weighted by Gasteiger charge is -2.26. The zero-order valence-corrected chi connectivity index (χ0v) is 9.16. The van der Waals surface area contributed by atoms with Gasteiger partial charge in [0.2, 0.25) is 0 Å². The van der Waals surface area contributed by atoms with Crippen molar-refractivity contribution in [3.63, 3.8) is 0 Å². The van der Waals surface area contributed by atoms with E-state index in [0.717, 1.165) is 6.42 Å². The van der Waals surface area contributed by atoms with Gasteiger partial charge < -0.3 is 14.9 Å². The van der Waals surface area contributed by atoms with E-state index in [0.29, 0.717) is 13.2 Å². The average Bonchev–Trinajstić information content (AvgIpc) is 2.14. The minimum absolute atomic E-state index is 0.159. The first-order chi connectivity index (χ1) is 6.45. The van der Waals surface area contributed by atoms with E-state index in [2.05, 4.69) is 6.58 Å². The molecule has 0 aromatic heterocycles. The third-order valence-electron chi connectivity index (χ3n) is 1.94. The van der Waals surface area contributed by atoms with Crippen LogP contribution < -0.4 is 0 Å². The molecule has 0 rings (SSSR count). The highest BCUT2D eigenvalue weighted by molar-refractivity contribution is 4.82. The van der Waals surface area contributed by atoms with Gasteiger partial charge in [0.05, 0.1) is 27.2 Å². The van der Waals surface area contributed by atoms with Gasteiger partial charge in [-0.05, 0) is 6.92 Å². The van der Waals surface area contributed by atoms with Crippen molar-refractivity contribution in [2.24, 2.45) is 0 Å². The summed E-state index contributed by atoms with van der Waals surface area (Å²) in [6, 6.07) is 0. The third kappa shape index (κ3) is 3.70. The first kappa shape index (κ1) is 12.8. The van der Waals surface area contributed by atoms with E-state index in [1.165, 1.54) is 0 Å². The van der Waals surface area contributed by atoms with Crippen LogP contribution in [0.3, 0.4) is 0 Å². The summed E-state index contributed by atoms with van der Waals surface area (Å²) in [6.45, 7) is 6.34. The van der Waals surface area contributed by atoms with Crippen LogP contribution in [-0.2, 0) is 4.74 Å². The molecule has 2 N–H and O–H groups in total. The van der Waals surface area contributed by atoms with Gasteiger partial charge in [0, 0.05) is 6.42 Å². The molecular formula is C10H20NO3+. The molecule has 0 aliphatic rings. The van der Waals surface area contributed by atoms with Gasteiger partial charge in [0.25, 0.3) is 0 Å². The molecule has 0 heterocycles. The van der Waals surface area contributed by atoms with Crippen molar-refractivity contribution >= 4 is 0 Å². The molecule has 82 valence electrons. The Morgan fingerprint density at radius 3 is 2.43 bits per heavy atom. The molecule has 0 spiro atoms. The van der Waals surface area contributed by atoms with Gasteiger partial charge in [-0.2, -0.15) is 0 Å². The molecule has 0 aliphatic carbocycles. The molecule has 0 aromatic rings. The van der Waals surface area contributed by atoms with Crippen molar-refractivity contribution in [3.05, 3.63) is 24.5 Å². The number of hydrogen-bond acceptors (Lipinski definition) is 3. The van der Waals surface area contributed by atoms with Crippen LogP contribution in [0.4, 0.5) is 0 Å². The molecule has 0 saturated carbocycles. The van der Waals surface area contributed by atoms with Crippen molar-refractivity contribution < 1.29 is 19.4 Å². The Morgan fingerprint density at radius 1 is 1.43 bits per heavy atom. The topological polar surface area (TPSA) is 49.7 Å². The summed E-state index contributed by atoms with van der Waals surface area (Å²) >= 11 is 0. The molecule has 0 saturated heterocycles. The van der Waals surface area contributed by atoms with Gasteiger partial charge in [-0.3, -0.25) is 4.48 Å². The molecule has 0 aliphatic heterocycles. The predicted molar refractivity (Wildman–Crippen MR) is 55.7 cm³/mol. The predicted octanol–water partition coefficient (Wildman–Crippen LogP) is 1.92. The van der Waals surface area contributed by atoms with Gasteiger partial charge >= 0.3 is 11.8 Å². The molecule has 4 heteroatoms. The molecule has 0 amide bonds. The standard InChI is InChI=1S/C10H19NO3/c1-5-7-8-11(3,4)9(12)10(13)14-6-2/h5H,1,6-8H2,2-4H3,(H-,12,13)/p+1. The monoisotopic (exact) mass is 202 g/mol. The van der Waals surface area contributed by atoms with E-state index in [9.17, 15) is 10.2 Å². The maximum Gasteiger partial charge on any atom is 0.382 e. The molecule has 0 bridgehead atoms. The summed E-state index contributed by atoms with van der Waals surface area (Å²) in [4.78, 5) is 0. The molecule has 0 radical (unpaired) electrons. The number of nitrogens with zero attached hydrogens (tertiary/aromatic N) is 1. The quantitative estimate of drug-likeness (QED) is 0.393. The minimum Gasteiger partial charge on any atom is -0.474 e. The third-order valence-corrected chi connectivity index (χ3v) is 1.94. The molecule has 0 atom stereocenters. The summed E-state index contributed by atoms with van der Waals surface area (Å²) < 4.78 is 4.99. The van der Waals surface area contributed by atoms with Crippen LogP contribution in [0.25, 0.3) is 0 Å². The maximum atomic E-state index is 9.65. The van der Waals surface area contributed by atoms with Crippen molar-refractivity contribution in [1.29, 1.82) is 0 Å². The van der Waals surface area contributed by atoms with Crippen LogP contribution in [0.15, 0.2) is 24.5 Å². The Balaban J connectivity index is 4.53. The fourth-order valence-electron chi connectivity index (χ4n) is 0.980. The lowest BCUT2D eigenvalue weighted by Crippen LogP contribution is -2.40. The Labute approximate surface area is 85.3 Å². The van der Waals surface area contributed by atoms with E-state index in [4.69, 9.17) is 4.74 Å². The van der Waals surface area contributed by atoms with Gasteiger partial charge in [-0.15, -0.1) is 6.58 Å². The highest BCUT2D eigenvalue weighted by atomic mass is 16.6. The highest BCUT2D eigenvalue weighted by Gasteiger charge is 2.26. The van der Waals surface area contributed by atoms with Crippen LogP contribution in [0.5, 0.6) is 0 Å². The Kier molecular flexibility index (Phi) is 5.09. The normalized spacial score (nSPS) is 13.4. The van der Waals surface area contributed by atoms with E-state index in [-0.39, 0.29) is 10.4 Å². The molecule has 0 aromatic carbocycles.